The lowest BCUT2D eigenvalue weighted by molar-refractivity contribution is 0.674. The largest absolute Gasteiger partial charge is 0.398 e. The average molecular weight is 243 g/mol. The van der Waals surface area contributed by atoms with Gasteiger partial charge in [-0.3, -0.25) is 0 Å². The smallest absolute Gasteiger partial charge is 0.0646 e. The zero-order valence-corrected chi connectivity index (χ0v) is 10.1. The number of nitrogens with one attached hydrogen (secondary N) is 1. The number of benzene rings is 1. The van der Waals surface area contributed by atoms with Crippen LogP contribution < -0.4 is 11.1 Å². The van der Waals surface area contributed by atoms with Gasteiger partial charge in [-0.25, -0.2) is 0 Å². The summed E-state index contributed by atoms with van der Waals surface area (Å²) in [4.78, 5) is 1.20. The molecule has 15 heavy (non-hydrogen) atoms. The van der Waals surface area contributed by atoms with Gasteiger partial charge in [-0.1, -0.05) is 11.6 Å². The lowest BCUT2D eigenvalue weighted by Crippen LogP contribution is -2.23. The summed E-state index contributed by atoms with van der Waals surface area (Å²) in [6.45, 7) is 1.16. The van der Waals surface area contributed by atoms with Crippen molar-refractivity contribution in [3.63, 3.8) is 0 Å². The van der Waals surface area contributed by atoms with E-state index in [-0.39, 0.29) is 0 Å². The van der Waals surface area contributed by atoms with E-state index in [2.05, 4.69) is 5.32 Å². The van der Waals surface area contributed by atoms with E-state index in [1.54, 1.807) is 0 Å². The Labute approximate surface area is 99.6 Å². The van der Waals surface area contributed by atoms with E-state index in [0.717, 1.165) is 12.3 Å². The van der Waals surface area contributed by atoms with Crippen LogP contribution in [0.1, 0.15) is 12.8 Å². The van der Waals surface area contributed by atoms with Gasteiger partial charge in [0.2, 0.25) is 0 Å². The molecule has 4 heteroatoms. The molecular weight excluding hydrogens is 228 g/mol. The zero-order chi connectivity index (χ0) is 10.7. The molecule has 1 atom stereocenters. The topological polar surface area (TPSA) is 38.0 Å². The summed E-state index contributed by atoms with van der Waals surface area (Å²) >= 11 is 7.79. The van der Waals surface area contributed by atoms with Crippen molar-refractivity contribution in [1.82, 2.24) is 5.32 Å². The molecule has 0 bridgehead atoms. The number of nitrogens with two attached hydrogens (primary N) is 1. The Kier molecular flexibility index (Phi) is 3.78. The fourth-order valence-electron chi connectivity index (χ4n) is 1.69. The fourth-order valence-corrected chi connectivity index (χ4v) is 2.98. The van der Waals surface area contributed by atoms with Crippen LogP contribution in [0.25, 0.3) is 0 Å². The molecule has 1 aliphatic rings. The van der Waals surface area contributed by atoms with Gasteiger partial charge in [-0.15, -0.1) is 11.8 Å². The molecule has 1 fully saturated rings. The Morgan fingerprint density at radius 1 is 1.53 bits per heavy atom. The standard InChI is InChI=1S/C11H15ClN2S/c12-10-6-9(3-4-11(10)13)15-7-8-2-1-5-14-8/h3-4,6,8,14H,1-2,5,7,13H2. The van der Waals surface area contributed by atoms with Crippen molar-refractivity contribution in [2.45, 2.75) is 23.8 Å². The van der Waals surface area contributed by atoms with Gasteiger partial charge in [0.25, 0.3) is 0 Å². The van der Waals surface area contributed by atoms with E-state index < -0.39 is 0 Å². The minimum absolute atomic E-state index is 0.652. The lowest BCUT2D eigenvalue weighted by atomic mass is 10.3. The highest BCUT2D eigenvalue weighted by Gasteiger charge is 2.13. The highest BCUT2D eigenvalue weighted by molar-refractivity contribution is 7.99. The highest BCUT2D eigenvalue weighted by Crippen LogP contribution is 2.27. The summed E-state index contributed by atoms with van der Waals surface area (Å²) in [6, 6.07) is 6.50. The van der Waals surface area contributed by atoms with E-state index >= 15 is 0 Å². The molecule has 0 aromatic heterocycles. The summed E-state index contributed by atoms with van der Waals surface area (Å²) in [5.74, 6) is 1.11. The first-order valence-electron chi connectivity index (χ1n) is 5.17. The van der Waals surface area contributed by atoms with Crippen LogP contribution in [0.3, 0.4) is 0 Å². The van der Waals surface area contributed by atoms with E-state index in [9.17, 15) is 0 Å². The molecule has 1 aromatic carbocycles. The molecule has 82 valence electrons. The molecule has 1 aliphatic heterocycles. The average Bonchev–Trinajstić information content (AvgIpc) is 2.73. The Balaban J connectivity index is 1.90. The summed E-state index contributed by atoms with van der Waals surface area (Å²) in [7, 11) is 0. The molecule has 1 saturated heterocycles. The molecule has 1 heterocycles. The highest BCUT2D eigenvalue weighted by atomic mass is 35.5. The summed E-state index contributed by atoms with van der Waals surface area (Å²) in [5.41, 5.74) is 6.31. The lowest BCUT2D eigenvalue weighted by Gasteiger charge is -2.09. The van der Waals surface area contributed by atoms with Crippen molar-refractivity contribution in [2.24, 2.45) is 0 Å². The summed E-state index contributed by atoms with van der Waals surface area (Å²) in [6.07, 6.45) is 2.59. The third-order valence-corrected chi connectivity index (χ3v) is 4.07. The maximum atomic E-state index is 5.96. The minimum atomic E-state index is 0.652. The second-order valence-corrected chi connectivity index (χ2v) is 5.29. The van der Waals surface area contributed by atoms with Crippen LogP contribution in [-0.2, 0) is 0 Å². The molecule has 0 amide bonds. The van der Waals surface area contributed by atoms with Gasteiger partial charge in [0.05, 0.1) is 10.7 Å². The van der Waals surface area contributed by atoms with Gasteiger partial charge in [0, 0.05) is 16.7 Å². The number of nitrogen functional groups attached to an aromatic ring is 1. The predicted octanol–water partition coefficient (Wildman–Crippen LogP) is 2.77. The first-order valence-corrected chi connectivity index (χ1v) is 6.53. The van der Waals surface area contributed by atoms with Gasteiger partial charge in [0.15, 0.2) is 0 Å². The molecule has 2 rings (SSSR count). The van der Waals surface area contributed by atoms with Crippen LogP contribution in [0, 0.1) is 0 Å². The summed E-state index contributed by atoms with van der Waals surface area (Å²) < 4.78 is 0. The second kappa shape index (κ2) is 5.10. The SMILES string of the molecule is Nc1ccc(SCC2CCCN2)cc1Cl. The van der Waals surface area contributed by atoms with Gasteiger partial charge < -0.3 is 11.1 Å². The van der Waals surface area contributed by atoms with Crippen molar-refractivity contribution in [1.29, 1.82) is 0 Å². The van der Waals surface area contributed by atoms with E-state index in [4.69, 9.17) is 17.3 Å². The fraction of sp³-hybridized carbons (Fsp3) is 0.455. The Morgan fingerprint density at radius 3 is 3.07 bits per heavy atom. The van der Waals surface area contributed by atoms with Crippen LogP contribution in [-0.4, -0.2) is 18.3 Å². The van der Waals surface area contributed by atoms with Crippen LogP contribution in [0.15, 0.2) is 23.1 Å². The van der Waals surface area contributed by atoms with Gasteiger partial charge in [-0.2, -0.15) is 0 Å². The molecule has 0 saturated carbocycles. The van der Waals surface area contributed by atoms with E-state index in [0.29, 0.717) is 16.8 Å². The number of anilines is 1. The number of halogens is 1. The third-order valence-electron chi connectivity index (χ3n) is 2.59. The quantitative estimate of drug-likeness (QED) is 0.632. The molecule has 2 nitrogen and oxygen atoms in total. The number of hydrogen-bond donors (Lipinski definition) is 2. The van der Waals surface area contributed by atoms with Crippen molar-refractivity contribution in [2.75, 3.05) is 18.0 Å². The Morgan fingerprint density at radius 2 is 2.40 bits per heavy atom. The van der Waals surface area contributed by atoms with Gasteiger partial charge >= 0.3 is 0 Å². The van der Waals surface area contributed by atoms with Crippen molar-refractivity contribution in [3.05, 3.63) is 23.2 Å². The van der Waals surface area contributed by atoms with Gasteiger partial charge in [-0.05, 0) is 37.6 Å². The minimum Gasteiger partial charge on any atom is -0.398 e. The van der Waals surface area contributed by atoms with Crippen LogP contribution >= 0.6 is 23.4 Å². The molecule has 3 N–H and O–H groups in total. The normalized spacial score (nSPS) is 20.7. The Hall–Kier alpha value is -0.380. The Bertz CT molecular complexity index is 337. The van der Waals surface area contributed by atoms with Crippen LogP contribution in [0.4, 0.5) is 5.69 Å². The van der Waals surface area contributed by atoms with E-state index in [1.807, 2.05) is 30.0 Å². The molecule has 0 aliphatic carbocycles. The number of hydrogen-bond acceptors (Lipinski definition) is 3. The molecule has 0 radical (unpaired) electrons. The van der Waals surface area contributed by atoms with Crippen molar-refractivity contribution in [3.8, 4) is 0 Å². The second-order valence-electron chi connectivity index (χ2n) is 3.79. The first kappa shape index (κ1) is 11.1. The third kappa shape index (κ3) is 3.03. The van der Waals surface area contributed by atoms with Crippen molar-refractivity contribution < 1.29 is 0 Å². The molecular formula is C11H15ClN2S. The van der Waals surface area contributed by atoms with Crippen LogP contribution in [0.2, 0.25) is 5.02 Å². The maximum Gasteiger partial charge on any atom is 0.0646 e. The number of rotatable bonds is 3. The van der Waals surface area contributed by atoms with Crippen LogP contribution in [0.5, 0.6) is 0 Å². The first-order chi connectivity index (χ1) is 7.25. The summed E-state index contributed by atoms with van der Waals surface area (Å²) in [5, 5.41) is 4.13. The van der Waals surface area contributed by atoms with Crippen molar-refractivity contribution >= 4 is 29.1 Å². The molecule has 1 unspecified atom stereocenters. The maximum absolute atomic E-state index is 5.96. The number of thioether (sulfide) groups is 1. The molecule has 1 aromatic rings. The predicted molar refractivity (Wildman–Crippen MR) is 67.6 cm³/mol. The molecule has 0 spiro atoms. The van der Waals surface area contributed by atoms with E-state index in [1.165, 1.54) is 17.7 Å². The zero-order valence-electron chi connectivity index (χ0n) is 8.50. The van der Waals surface area contributed by atoms with Gasteiger partial charge in [0.1, 0.15) is 0 Å². The monoisotopic (exact) mass is 242 g/mol.